The van der Waals surface area contributed by atoms with Gasteiger partial charge in [-0.2, -0.15) is 0 Å². The molecule has 0 saturated carbocycles. The Kier molecular flexibility index (Phi) is 12.1. The van der Waals surface area contributed by atoms with Gasteiger partial charge in [-0.1, -0.05) is 69.2 Å². The summed E-state index contributed by atoms with van der Waals surface area (Å²) < 4.78 is 5.46. The Morgan fingerprint density at radius 2 is 1.58 bits per heavy atom. The number of nitrogens with one attached hydrogen (secondary N) is 2. The lowest BCUT2D eigenvalue weighted by atomic mass is 9.99. The first-order chi connectivity index (χ1) is 18.1. The second-order valence-corrected chi connectivity index (χ2v) is 10.4. The molecule has 3 N–H and O–H groups in total. The number of ether oxygens (including phenoxy) is 1. The van der Waals surface area contributed by atoms with Crippen molar-refractivity contribution in [1.29, 1.82) is 0 Å². The fourth-order valence-electron chi connectivity index (χ4n) is 4.01. The molecule has 2 atom stereocenters. The van der Waals surface area contributed by atoms with Crippen LogP contribution in [0.4, 0.5) is 4.79 Å². The summed E-state index contributed by atoms with van der Waals surface area (Å²) >= 11 is 0. The molecule has 0 radical (unpaired) electrons. The van der Waals surface area contributed by atoms with E-state index in [9.17, 15) is 19.5 Å². The van der Waals surface area contributed by atoms with Gasteiger partial charge in [0.2, 0.25) is 11.8 Å². The number of amides is 3. The molecule has 0 aliphatic rings. The van der Waals surface area contributed by atoms with E-state index in [2.05, 4.69) is 10.6 Å². The lowest BCUT2D eigenvalue weighted by molar-refractivity contribution is -0.142. The van der Waals surface area contributed by atoms with Crippen LogP contribution in [0.15, 0.2) is 54.6 Å². The molecule has 0 aliphatic carbocycles. The zero-order valence-corrected chi connectivity index (χ0v) is 23.3. The number of carbonyl (C=O) groups is 3. The largest absolute Gasteiger partial charge is 0.508 e. The summed E-state index contributed by atoms with van der Waals surface area (Å²) in [5.41, 5.74) is 0.711. The van der Waals surface area contributed by atoms with Crippen molar-refractivity contribution in [2.75, 3.05) is 13.1 Å². The molecule has 0 aliphatic heterocycles. The second-order valence-electron chi connectivity index (χ2n) is 10.4. The highest BCUT2D eigenvalue weighted by atomic mass is 16.6. The molecule has 0 bridgehead atoms. The Morgan fingerprint density at radius 3 is 2.16 bits per heavy atom. The normalized spacial score (nSPS) is 12.8. The molecule has 8 heteroatoms. The number of unbranched alkanes of at least 4 members (excludes halogenated alkanes) is 2. The Balaban J connectivity index is 2.49. The summed E-state index contributed by atoms with van der Waals surface area (Å²) in [5, 5.41) is 15.6. The third kappa shape index (κ3) is 10.1. The second kappa shape index (κ2) is 15.0. The summed E-state index contributed by atoms with van der Waals surface area (Å²) in [7, 11) is 0. The third-order valence-electron chi connectivity index (χ3n) is 5.91. The minimum Gasteiger partial charge on any atom is -0.508 e. The van der Waals surface area contributed by atoms with Crippen LogP contribution in [0.3, 0.4) is 0 Å². The lowest BCUT2D eigenvalue weighted by Crippen LogP contribution is -2.54. The molecule has 2 aromatic carbocycles. The number of phenols is 1. The Bertz CT molecular complexity index is 1020. The first-order valence-electron chi connectivity index (χ1n) is 13.5. The van der Waals surface area contributed by atoms with Crippen molar-refractivity contribution >= 4 is 17.9 Å². The predicted molar refractivity (Wildman–Crippen MR) is 149 cm³/mol. The van der Waals surface area contributed by atoms with Gasteiger partial charge in [-0.25, -0.2) is 4.79 Å². The summed E-state index contributed by atoms with van der Waals surface area (Å²) in [4.78, 5) is 42.0. The molecule has 2 unspecified atom stereocenters. The summed E-state index contributed by atoms with van der Waals surface area (Å²) in [6.45, 7) is 10.1. The highest BCUT2D eigenvalue weighted by Gasteiger charge is 2.36. The first kappa shape index (κ1) is 30.7. The maximum absolute atomic E-state index is 14.2. The molecular formula is C30H43N3O5. The zero-order chi connectivity index (χ0) is 28.1. The lowest BCUT2D eigenvalue weighted by Gasteiger charge is -2.34. The number of hydrogen-bond donors (Lipinski definition) is 3. The number of benzene rings is 2. The van der Waals surface area contributed by atoms with E-state index in [4.69, 9.17) is 4.74 Å². The predicted octanol–water partition coefficient (Wildman–Crippen LogP) is 5.11. The first-order valence-corrected chi connectivity index (χ1v) is 13.5. The van der Waals surface area contributed by atoms with Crippen molar-refractivity contribution in [3.05, 3.63) is 65.7 Å². The Hall–Kier alpha value is -3.55. The minimum absolute atomic E-state index is 0.0684. The topological polar surface area (TPSA) is 108 Å². The molecule has 2 rings (SSSR count). The van der Waals surface area contributed by atoms with Gasteiger partial charge >= 0.3 is 6.09 Å². The van der Waals surface area contributed by atoms with Crippen molar-refractivity contribution in [1.82, 2.24) is 15.5 Å². The fourth-order valence-corrected chi connectivity index (χ4v) is 4.01. The van der Waals surface area contributed by atoms with Gasteiger partial charge in [-0.15, -0.1) is 0 Å². The smallest absolute Gasteiger partial charge is 0.408 e. The van der Waals surface area contributed by atoms with E-state index < -0.39 is 23.8 Å². The van der Waals surface area contributed by atoms with Crippen molar-refractivity contribution < 1.29 is 24.2 Å². The van der Waals surface area contributed by atoms with Gasteiger partial charge in [-0.05, 0) is 56.9 Å². The molecule has 2 aromatic rings. The highest BCUT2D eigenvalue weighted by molar-refractivity contribution is 5.92. The standard InChI is InChI=1S/C30H43N3O5/c1-6-8-19-31-27(35)26(23-15-17-24(34)18-16-23)33(20-9-7-2)28(36)25(21-22-13-11-10-12-14-22)32-29(37)38-30(3,4)5/h10-18,25-26,34H,6-9,19-21H2,1-5H3,(H,31,35)(H,32,37). The monoisotopic (exact) mass is 525 g/mol. The maximum atomic E-state index is 14.2. The van der Waals surface area contributed by atoms with Gasteiger partial charge in [0.25, 0.3) is 0 Å². The van der Waals surface area contributed by atoms with E-state index in [-0.39, 0.29) is 24.0 Å². The van der Waals surface area contributed by atoms with Crippen LogP contribution in [0.1, 0.15) is 77.5 Å². The van der Waals surface area contributed by atoms with Crippen molar-refractivity contribution in [3.63, 3.8) is 0 Å². The quantitative estimate of drug-likeness (QED) is 0.315. The van der Waals surface area contributed by atoms with E-state index in [1.807, 2.05) is 44.2 Å². The van der Waals surface area contributed by atoms with Gasteiger partial charge in [0.1, 0.15) is 23.4 Å². The average Bonchev–Trinajstić information content (AvgIpc) is 2.86. The van der Waals surface area contributed by atoms with Gasteiger partial charge < -0.3 is 25.4 Å². The molecular weight excluding hydrogens is 482 g/mol. The van der Waals surface area contributed by atoms with Gasteiger partial charge in [0, 0.05) is 19.5 Å². The molecule has 0 spiro atoms. The van der Waals surface area contributed by atoms with Gasteiger partial charge in [0.15, 0.2) is 0 Å². The number of aromatic hydroxyl groups is 1. The van der Waals surface area contributed by atoms with Crippen LogP contribution in [0.5, 0.6) is 5.75 Å². The molecule has 0 saturated heterocycles. The van der Waals surface area contributed by atoms with E-state index in [1.165, 1.54) is 12.1 Å². The minimum atomic E-state index is -0.952. The molecule has 208 valence electrons. The number of hydrogen-bond acceptors (Lipinski definition) is 5. The zero-order valence-electron chi connectivity index (χ0n) is 23.3. The number of alkyl carbamates (subject to hydrolysis) is 1. The fraction of sp³-hybridized carbons (Fsp3) is 0.500. The molecule has 38 heavy (non-hydrogen) atoms. The highest BCUT2D eigenvalue weighted by Crippen LogP contribution is 2.26. The van der Waals surface area contributed by atoms with E-state index in [0.29, 0.717) is 25.1 Å². The summed E-state index contributed by atoms with van der Waals surface area (Å²) in [6, 6.07) is 13.9. The average molecular weight is 526 g/mol. The van der Waals surface area contributed by atoms with Gasteiger partial charge in [-0.3, -0.25) is 9.59 Å². The summed E-state index contributed by atoms with van der Waals surface area (Å²) in [5.74, 6) is -0.611. The molecule has 3 amide bonds. The van der Waals surface area contributed by atoms with E-state index in [0.717, 1.165) is 24.8 Å². The van der Waals surface area contributed by atoms with Crippen molar-refractivity contribution in [3.8, 4) is 5.75 Å². The van der Waals surface area contributed by atoms with Crippen LogP contribution in [0.25, 0.3) is 0 Å². The maximum Gasteiger partial charge on any atom is 0.408 e. The Labute approximate surface area is 226 Å². The van der Waals surface area contributed by atoms with Crippen LogP contribution in [0.2, 0.25) is 0 Å². The van der Waals surface area contributed by atoms with Crippen molar-refractivity contribution in [2.45, 2.75) is 84.4 Å². The Morgan fingerprint density at radius 1 is 0.947 bits per heavy atom. The number of rotatable bonds is 13. The van der Waals surface area contributed by atoms with E-state index in [1.54, 1.807) is 37.8 Å². The van der Waals surface area contributed by atoms with Crippen LogP contribution >= 0.6 is 0 Å². The number of phenolic OH excluding ortho intramolecular Hbond substituents is 1. The molecule has 0 heterocycles. The van der Waals surface area contributed by atoms with Crippen LogP contribution in [0, 0.1) is 0 Å². The molecule has 0 fully saturated rings. The van der Waals surface area contributed by atoms with Crippen molar-refractivity contribution in [2.24, 2.45) is 0 Å². The number of nitrogens with zero attached hydrogens (tertiary/aromatic N) is 1. The third-order valence-corrected chi connectivity index (χ3v) is 5.91. The summed E-state index contributed by atoms with van der Waals surface area (Å²) in [6.07, 6.45) is 2.76. The molecule has 8 nitrogen and oxygen atoms in total. The molecule has 0 aromatic heterocycles. The van der Waals surface area contributed by atoms with Crippen LogP contribution in [-0.4, -0.2) is 52.6 Å². The number of carbonyl (C=O) groups excluding carboxylic acids is 3. The van der Waals surface area contributed by atoms with Crippen LogP contribution in [-0.2, 0) is 20.7 Å². The van der Waals surface area contributed by atoms with E-state index >= 15 is 0 Å². The van der Waals surface area contributed by atoms with Gasteiger partial charge in [0.05, 0.1) is 0 Å². The van der Waals surface area contributed by atoms with Crippen LogP contribution < -0.4 is 10.6 Å². The SMILES string of the molecule is CCCCNC(=O)C(c1ccc(O)cc1)N(CCCC)C(=O)C(Cc1ccccc1)NC(=O)OC(C)(C)C.